The summed E-state index contributed by atoms with van der Waals surface area (Å²) in [6, 6.07) is 1.09. The highest BCUT2D eigenvalue weighted by molar-refractivity contribution is 7.14. The van der Waals surface area contributed by atoms with Crippen LogP contribution in [0.4, 0.5) is 16.6 Å². The molecule has 8 nitrogen and oxygen atoms in total. The highest BCUT2D eigenvalue weighted by Crippen LogP contribution is 2.23. The van der Waals surface area contributed by atoms with Crippen molar-refractivity contribution in [1.82, 2.24) is 9.97 Å². The van der Waals surface area contributed by atoms with Crippen molar-refractivity contribution in [1.29, 1.82) is 0 Å². The number of nitrogens with zero attached hydrogens (tertiary/aromatic N) is 3. The van der Waals surface area contributed by atoms with Crippen molar-refractivity contribution in [2.75, 3.05) is 11.1 Å². The Kier molecular flexibility index (Phi) is 4.13. The van der Waals surface area contributed by atoms with Crippen LogP contribution in [0.15, 0.2) is 17.6 Å². The fourth-order valence-corrected chi connectivity index (χ4v) is 2.39. The first-order valence-corrected chi connectivity index (χ1v) is 6.93. The number of aromatic nitrogens is 2. The minimum atomic E-state index is -0.635. The summed E-state index contributed by atoms with van der Waals surface area (Å²) < 4.78 is 0. The van der Waals surface area contributed by atoms with Crippen LogP contribution in [0.5, 0.6) is 0 Å². The zero-order valence-electron chi connectivity index (χ0n) is 11.4. The largest absolute Gasteiger partial charge is 0.383 e. The van der Waals surface area contributed by atoms with Crippen molar-refractivity contribution in [3.05, 3.63) is 39.0 Å². The lowest BCUT2D eigenvalue weighted by Crippen LogP contribution is -2.15. The monoisotopic (exact) mass is 307 g/mol. The maximum Gasteiger partial charge on any atom is 0.288 e. The van der Waals surface area contributed by atoms with Gasteiger partial charge in [-0.2, -0.15) is 0 Å². The molecule has 2 aromatic rings. The molecule has 0 spiro atoms. The summed E-state index contributed by atoms with van der Waals surface area (Å²) in [5.74, 6) is -0.399. The molecule has 110 valence electrons. The molecule has 3 N–H and O–H groups in total. The molecule has 21 heavy (non-hydrogen) atoms. The number of nitrogen functional groups attached to an aromatic ring is 1. The molecule has 0 atom stereocenters. The zero-order valence-corrected chi connectivity index (χ0v) is 12.2. The second-order valence-corrected chi connectivity index (χ2v) is 5.43. The summed E-state index contributed by atoms with van der Waals surface area (Å²) in [5.41, 5.74) is 6.10. The molecule has 0 aliphatic carbocycles. The minimum Gasteiger partial charge on any atom is -0.383 e. The van der Waals surface area contributed by atoms with Crippen LogP contribution in [0.1, 0.15) is 35.8 Å². The summed E-state index contributed by atoms with van der Waals surface area (Å²) in [7, 11) is 0. The smallest absolute Gasteiger partial charge is 0.288 e. The van der Waals surface area contributed by atoms with Gasteiger partial charge in [-0.25, -0.2) is 9.97 Å². The lowest BCUT2D eigenvalue weighted by molar-refractivity contribution is -0.385. The van der Waals surface area contributed by atoms with Gasteiger partial charge in [0.25, 0.3) is 11.6 Å². The van der Waals surface area contributed by atoms with Gasteiger partial charge >= 0.3 is 0 Å². The molecule has 0 radical (unpaired) electrons. The Morgan fingerprint density at radius 3 is 2.81 bits per heavy atom. The van der Waals surface area contributed by atoms with E-state index in [4.69, 9.17) is 5.73 Å². The van der Waals surface area contributed by atoms with E-state index in [2.05, 4.69) is 15.3 Å². The van der Waals surface area contributed by atoms with E-state index in [0.29, 0.717) is 5.13 Å². The number of carbonyl (C=O) groups is 1. The average molecular weight is 307 g/mol. The van der Waals surface area contributed by atoms with E-state index in [9.17, 15) is 14.9 Å². The van der Waals surface area contributed by atoms with Gasteiger partial charge in [-0.05, 0) is 5.92 Å². The normalized spacial score (nSPS) is 10.6. The van der Waals surface area contributed by atoms with E-state index < -0.39 is 10.8 Å². The van der Waals surface area contributed by atoms with Gasteiger partial charge < -0.3 is 5.73 Å². The van der Waals surface area contributed by atoms with Crippen LogP contribution < -0.4 is 11.1 Å². The van der Waals surface area contributed by atoms with Crippen LogP contribution in [0.2, 0.25) is 0 Å². The number of nitrogens with two attached hydrogens (primary N) is 1. The van der Waals surface area contributed by atoms with Gasteiger partial charge in [0, 0.05) is 11.4 Å². The third-order valence-corrected chi connectivity index (χ3v) is 3.47. The number of nitro groups is 1. The predicted octanol–water partition coefficient (Wildman–Crippen LogP) is 2.40. The third-order valence-electron chi connectivity index (χ3n) is 2.69. The molecule has 0 saturated heterocycles. The topological polar surface area (TPSA) is 124 Å². The maximum atomic E-state index is 12.1. The number of rotatable bonds is 4. The van der Waals surface area contributed by atoms with E-state index >= 15 is 0 Å². The Labute approximate surface area is 124 Å². The van der Waals surface area contributed by atoms with Gasteiger partial charge in [-0.15, -0.1) is 11.3 Å². The Morgan fingerprint density at radius 1 is 1.52 bits per heavy atom. The first-order chi connectivity index (χ1) is 9.88. The summed E-state index contributed by atoms with van der Waals surface area (Å²) in [5, 5.41) is 15.5. The number of pyridine rings is 1. The number of hydrogen-bond donors (Lipinski definition) is 2. The summed E-state index contributed by atoms with van der Waals surface area (Å²) >= 11 is 1.28. The Morgan fingerprint density at radius 2 is 2.24 bits per heavy atom. The molecule has 0 saturated carbocycles. The number of thiazole rings is 1. The fourth-order valence-electron chi connectivity index (χ4n) is 1.52. The molecule has 9 heteroatoms. The molecule has 2 aromatic heterocycles. The Bertz CT molecular complexity index is 698. The standard InChI is InChI=1S/C12H13N5O3S/c1-6(2)9-5-21-12(15-9)16-11(18)8-3-7(17(19)20)4-14-10(8)13/h3-6H,1-2H3,(H2,13,14)(H,15,16,18). The van der Waals surface area contributed by atoms with Gasteiger partial charge in [0.15, 0.2) is 5.13 Å². The summed E-state index contributed by atoms with van der Waals surface area (Å²) in [6.07, 6.45) is 1.01. The lowest BCUT2D eigenvalue weighted by atomic mass is 10.2. The van der Waals surface area contributed by atoms with E-state index in [1.165, 1.54) is 11.3 Å². The highest BCUT2D eigenvalue weighted by atomic mass is 32.1. The van der Waals surface area contributed by atoms with E-state index in [1.54, 1.807) is 0 Å². The molecule has 0 bridgehead atoms. The van der Waals surface area contributed by atoms with Crippen molar-refractivity contribution < 1.29 is 9.72 Å². The Balaban J connectivity index is 2.23. The van der Waals surface area contributed by atoms with Crippen molar-refractivity contribution >= 4 is 33.9 Å². The molecule has 0 aromatic carbocycles. The minimum absolute atomic E-state index is 0.0505. The second kappa shape index (κ2) is 5.83. The lowest BCUT2D eigenvalue weighted by Gasteiger charge is -2.04. The summed E-state index contributed by atoms with van der Waals surface area (Å²) in [6.45, 7) is 3.98. The van der Waals surface area contributed by atoms with Crippen LogP contribution in [0.3, 0.4) is 0 Å². The maximum absolute atomic E-state index is 12.1. The first kappa shape index (κ1) is 14.9. The van der Waals surface area contributed by atoms with Crippen molar-refractivity contribution in [2.45, 2.75) is 19.8 Å². The zero-order chi connectivity index (χ0) is 15.6. The van der Waals surface area contributed by atoms with Crippen LogP contribution in [0.25, 0.3) is 0 Å². The molecule has 2 heterocycles. The fraction of sp³-hybridized carbons (Fsp3) is 0.250. The molecular formula is C12H13N5O3S. The van der Waals surface area contributed by atoms with Gasteiger partial charge in [-0.1, -0.05) is 13.8 Å². The van der Waals surface area contributed by atoms with Gasteiger partial charge in [-0.3, -0.25) is 20.2 Å². The summed E-state index contributed by atoms with van der Waals surface area (Å²) in [4.78, 5) is 30.1. The van der Waals surface area contributed by atoms with Crippen molar-refractivity contribution in [3.63, 3.8) is 0 Å². The molecule has 0 fully saturated rings. The van der Waals surface area contributed by atoms with Gasteiger partial charge in [0.1, 0.15) is 12.0 Å². The van der Waals surface area contributed by atoms with E-state index in [1.807, 2.05) is 19.2 Å². The number of hydrogen-bond acceptors (Lipinski definition) is 7. The molecular weight excluding hydrogens is 294 g/mol. The van der Waals surface area contributed by atoms with Crippen molar-refractivity contribution in [3.8, 4) is 0 Å². The molecule has 0 aliphatic heterocycles. The highest BCUT2D eigenvalue weighted by Gasteiger charge is 2.18. The number of amides is 1. The average Bonchev–Trinajstić information content (AvgIpc) is 2.87. The molecule has 2 rings (SSSR count). The van der Waals surface area contributed by atoms with Crippen LogP contribution in [0, 0.1) is 10.1 Å². The number of nitrogens with one attached hydrogen (secondary N) is 1. The number of carbonyl (C=O) groups excluding carboxylic acids is 1. The van der Waals surface area contributed by atoms with Crippen molar-refractivity contribution in [2.24, 2.45) is 0 Å². The van der Waals surface area contributed by atoms with Crippen LogP contribution in [-0.4, -0.2) is 20.8 Å². The Hall–Kier alpha value is -2.55. The van der Waals surface area contributed by atoms with Crippen LogP contribution >= 0.6 is 11.3 Å². The number of anilines is 2. The first-order valence-electron chi connectivity index (χ1n) is 6.05. The van der Waals surface area contributed by atoms with E-state index in [-0.39, 0.29) is 23.0 Å². The second-order valence-electron chi connectivity index (χ2n) is 4.57. The molecule has 0 aliphatic rings. The van der Waals surface area contributed by atoms with Gasteiger partial charge in [0.2, 0.25) is 0 Å². The molecule has 0 unspecified atom stereocenters. The quantitative estimate of drug-likeness (QED) is 0.660. The van der Waals surface area contributed by atoms with E-state index in [0.717, 1.165) is 18.0 Å². The molecule has 1 amide bonds. The predicted molar refractivity (Wildman–Crippen MR) is 79.5 cm³/mol. The third kappa shape index (κ3) is 3.31. The van der Waals surface area contributed by atoms with Gasteiger partial charge in [0.05, 0.1) is 16.2 Å². The van der Waals surface area contributed by atoms with Crippen LogP contribution in [-0.2, 0) is 0 Å². The SMILES string of the molecule is CC(C)c1csc(NC(=O)c2cc([N+](=O)[O-])cnc2N)n1.